The van der Waals surface area contributed by atoms with Crippen LogP contribution in [0.2, 0.25) is 0 Å². The molecule has 2 aromatic rings. The Morgan fingerprint density at radius 1 is 1.31 bits per heavy atom. The van der Waals surface area contributed by atoms with E-state index in [4.69, 9.17) is 5.26 Å². The van der Waals surface area contributed by atoms with Crippen molar-refractivity contribution in [1.29, 1.82) is 5.26 Å². The maximum absolute atomic E-state index is 12.3. The Morgan fingerprint density at radius 3 is 2.62 bits per heavy atom. The van der Waals surface area contributed by atoms with Crippen LogP contribution in [0.25, 0.3) is 5.82 Å². The molecule has 2 rings (SSSR count). The summed E-state index contributed by atoms with van der Waals surface area (Å²) in [5.41, 5.74) is 0.108. The zero-order valence-corrected chi connectivity index (χ0v) is 8.01. The molecule has 2 aromatic heterocycles. The Kier molecular flexibility index (Phi) is 2.60. The molecule has 6 heteroatoms. The van der Waals surface area contributed by atoms with Crippen molar-refractivity contribution in [2.75, 3.05) is 0 Å². The van der Waals surface area contributed by atoms with Gasteiger partial charge in [0.25, 0.3) is 6.43 Å². The minimum Gasteiger partial charge on any atom is -0.236 e. The van der Waals surface area contributed by atoms with Crippen LogP contribution in [-0.4, -0.2) is 14.8 Å². The number of aromatic nitrogens is 3. The fourth-order valence-corrected chi connectivity index (χ4v) is 1.17. The van der Waals surface area contributed by atoms with Crippen molar-refractivity contribution in [3.63, 3.8) is 0 Å². The molecular weight excluding hydrogens is 214 g/mol. The zero-order chi connectivity index (χ0) is 11.5. The maximum atomic E-state index is 12.3. The fraction of sp³-hybridized carbons (Fsp3) is 0.100. The van der Waals surface area contributed by atoms with Gasteiger partial charge in [0.1, 0.15) is 11.8 Å². The molecule has 16 heavy (non-hydrogen) atoms. The third-order valence-electron chi connectivity index (χ3n) is 1.94. The monoisotopic (exact) mass is 220 g/mol. The molecule has 0 radical (unpaired) electrons. The predicted octanol–water partition coefficient (Wildman–Crippen LogP) is 2.08. The van der Waals surface area contributed by atoms with Crippen molar-refractivity contribution in [2.24, 2.45) is 0 Å². The SMILES string of the molecule is N#Cc1ccc(-n2ccc(C(F)F)n2)nc1. The Morgan fingerprint density at radius 2 is 2.12 bits per heavy atom. The quantitative estimate of drug-likeness (QED) is 0.778. The summed E-state index contributed by atoms with van der Waals surface area (Å²) in [7, 11) is 0. The van der Waals surface area contributed by atoms with Gasteiger partial charge in [0.15, 0.2) is 5.82 Å². The average molecular weight is 220 g/mol. The Hall–Kier alpha value is -2.29. The first-order valence-corrected chi connectivity index (χ1v) is 4.41. The Balaban J connectivity index is 2.32. The van der Waals surface area contributed by atoms with Gasteiger partial charge in [-0.05, 0) is 18.2 Å². The molecule has 0 fully saturated rings. The molecule has 4 nitrogen and oxygen atoms in total. The molecule has 0 atom stereocenters. The van der Waals surface area contributed by atoms with Crippen molar-refractivity contribution in [1.82, 2.24) is 14.8 Å². The lowest BCUT2D eigenvalue weighted by Gasteiger charge is -1.99. The lowest BCUT2D eigenvalue weighted by molar-refractivity contribution is 0.145. The van der Waals surface area contributed by atoms with Crippen LogP contribution in [0, 0.1) is 11.3 Å². The van der Waals surface area contributed by atoms with Gasteiger partial charge in [-0.1, -0.05) is 0 Å². The first-order chi connectivity index (χ1) is 7.70. The second kappa shape index (κ2) is 4.06. The highest BCUT2D eigenvalue weighted by Gasteiger charge is 2.11. The average Bonchev–Trinajstić information content (AvgIpc) is 2.78. The molecule has 0 unspecified atom stereocenters. The van der Waals surface area contributed by atoms with Crippen molar-refractivity contribution >= 4 is 0 Å². The normalized spacial score (nSPS) is 10.4. The van der Waals surface area contributed by atoms with E-state index < -0.39 is 6.43 Å². The number of hydrogen-bond donors (Lipinski definition) is 0. The number of halogens is 2. The standard InChI is InChI=1S/C10H6F2N4/c11-10(12)8-3-4-16(15-8)9-2-1-7(5-13)6-14-9/h1-4,6,10H. The van der Waals surface area contributed by atoms with E-state index in [-0.39, 0.29) is 5.69 Å². The molecule has 0 saturated carbocycles. The molecule has 2 heterocycles. The molecule has 0 aliphatic rings. The van der Waals surface area contributed by atoms with Crippen LogP contribution in [0.3, 0.4) is 0 Å². The molecular formula is C10H6F2N4. The lowest BCUT2D eigenvalue weighted by atomic mass is 10.3. The molecule has 0 aromatic carbocycles. The Bertz CT molecular complexity index is 524. The van der Waals surface area contributed by atoms with Gasteiger partial charge in [0.05, 0.1) is 5.56 Å². The van der Waals surface area contributed by atoms with E-state index in [1.807, 2.05) is 6.07 Å². The van der Waals surface area contributed by atoms with Crippen LogP contribution in [-0.2, 0) is 0 Å². The molecule has 80 valence electrons. The van der Waals surface area contributed by atoms with Gasteiger partial charge in [0.2, 0.25) is 0 Å². The summed E-state index contributed by atoms with van der Waals surface area (Å²) >= 11 is 0. The molecule has 0 amide bonds. The van der Waals surface area contributed by atoms with Crippen LogP contribution in [0.5, 0.6) is 0 Å². The molecule has 0 aliphatic carbocycles. The number of nitrogens with zero attached hydrogens (tertiary/aromatic N) is 4. The topological polar surface area (TPSA) is 54.5 Å². The largest absolute Gasteiger partial charge is 0.282 e. The summed E-state index contributed by atoms with van der Waals surface area (Å²) in [6.45, 7) is 0. The number of alkyl halides is 2. The van der Waals surface area contributed by atoms with Crippen molar-refractivity contribution < 1.29 is 8.78 Å². The second-order valence-electron chi connectivity index (χ2n) is 3.00. The number of pyridine rings is 1. The van der Waals surface area contributed by atoms with Gasteiger partial charge in [-0.15, -0.1) is 0 Å². The van der Waals surface area contributed by atoms with E-state index in [1.165, 1.54) is 23.1 Å². The van der Waals surface area contributed by atoms with Crippen LogP contribution < -0.4 is 0 Å². The van der Waals surface area contributed by atoms with Crippen LogP contribution >= 0.6 is 0 Å². The van der Waals surface area contributed by atoms with E-state index in [9.17, 15) is 8.78 Å². The van der Waals surface area contributed by atoms with Gasteiger partial charge in [-0.2, -0.15) is 10.4 Å². The maximum Gasteiger partial charge on any atom is 0.282 e. The summed E-state index contributed by atoms with van der Waals surface area (Å²) in [5, 5.41) is 12.2. The summed E-state index contributed by atoms with van der Waals surface area (Å²) in [5.74, 6) is 0.394. The summed E-state index contributed by atoms with van der Waals surface area (Å²) < 4.78 is 25.8. The molecule has 0 spiro atoms. The fourth-order valence-electron chi connectivity index (χ4n) is 1.17. The van der Waals surface area contributed by atoms with Crippen molar-refractivity contribution in [2.45, 2.75) is 6.43 Å². The van der Waals surface area contributed by atoms with Gasteiger partial charge >= 0.3 is 0 Å². The van der Waals surface area contributed by atoms with Crippen LogP contribution in [0.1, 0.15) is 17.7 Å². The number of hydrogen-bond acceptors (Lipinski definition) is 3. The summed E-state index contributed by atoms with van der Waals surface area (Å²) in [6, 6.07) is 6.23. The van der Waals surface area contributed by atoms with Crippen molar-refractivity contribution in [3.05, 3.63) is 41.9 Å². The van der Waals surface area contributed by atoms with E-state index >= 15 is 0 Å². The summed E-state index contributed by atoms with van der Waals surface area (Å²) in [4.78, 5) is 3.93. The second-order valence-corrected chi connectivity index (χ2v) is 3.00. The van der Waals surface area contributed by atoms with Gasteiger partial charge in [0, 0.05) is 12.4 Å². The highest BCUT2D eigenvalue weighted by atomic mass is 19.3. The highest BCUT2D eigenvalue weighted by molar-refractivity contribution is 5.31. The predicted molar refractivity (Wildman–Crippen MR) is 51.0 cm³/mol. The van der Waals surface area contributed by atoms with E-state index in [2.05, 4.69) is 10.1 Å². The first kappa shape index (κ1) is 10.2. The van der Waals surface area contributed by atoms with Crippen molar-refractivity contribution in [3.8, 4) is 11.9 Å². The number of nitriles is 1. The Labute approximate surface area is 89.8 Å². The van der Waals surface area contributed by atoms with Crippen LogP contribution in [0.4, 0.5) is 8.78 Å². The molecule has 0 N–H and O–H groups in total. The minimum atomic E-state index is -2.60. The van der Waals surface area contributed by atoms with Gasteiger partial charge < -0.3 is 0 Å². The van der Waals surface area contributed by atoms with E-state index in [0.29, 0.717) is 11.4 Å². The minimum absolute atomic E-state index is 0.300. The molecule has 0 saturated heterocycles. The zero-order valence-electron chi connectivity index (χ0n) is 8.01. The van der Waals surface area contributed by atoms with Gasteiger partial charge in [-0.3, -0.25) is 0 Å². The highest BCUT2D eigenvalue weighted by Crippen LogP contribution is 2.16. The molecule has 0 bridgehead atoms. The van der Waals surface area contributed by atoms with E-state index in [1.54, 1.807) is 12.1 Å². The smallest absolute Gasteiger partial charge is 0.236 e. The van der Waals surface area contributed by atoms with Gasteiger partial charge in [-0.25, -0.2) is 18.4 Å². The molecule has 0 aliphatic heterocycles. The summed E-state index contributed by atoms with van der Waals surface area (Å²) in [6.07, 6.45) is 0.161. The first-order valence-electron chi connectivity index (χ1n) is 4.41. The third kappa shape index (κ3) is 1.88. The van der Waals surface area contributed by atoms with Crippen LogP contribution in [0.15, 0.2) is 30.6 Å². The number of rotatable bonds is 2. The third-order valence-corrected chi connectivity index (χ3v) is 1.94. The lowest BCUT2D eigenvalue weighted by Crippen LogP contribution is -1.99. The van der Waals surface area contributed by atoms with E-state index in [0.717, 1.165) is 0 Å².